The van der Waals surface area contributed by atoms with E-state index in [0.29, 0.717) is 12.8 Å². The molecule has 0 saturated carbocycles. The van der Waals surface area contributed by atoms with Crippen molar-refractivity contribution < 1.29 is 18.0 Å². The van der Waals surface area contributed by atoms with E-state index in [1.54, 1.807) is 0 Å². The Kier molecular flexibility index (Phi) is 9.70. The minimum Gasteiger partial charge on any atom is -0.290 e. The van der Waals surface area contributed by atoms with Crippen LogP contribution in [0, 0.1) is 0 Å². The fourth-order valence-electron chi connectivity index (χ4n) is 1.62. The maximum absolute atomic E-state index is 11.9. The minimum absolute atomic E-state index is 0.351. The molecule has 0 fully saturated rings. The van der Waals surface area contributed by atoms with Crippen LogP contribution in [0.15, 0.2) is 12.2 Å². The van der Waals surface area contributed by atoms with Gasteiger partial charge in [0.1, 0.15) is 0 Å². The summed E-state index contributed by atoms with van der Waals surface area (Å²) >= 11 is 0. The molecule has 0 atom stereocenters. The highest BCUT2D eigenvalue weighted by Gasteiger charge is 2.36. The fourth-order valence-corrected chi connectivity index (χ4v) is 1.62. The molecule has 0 heterocycles. The van der Waals surface area contributed by atoms with Crippen LogP contribution < -0.4 is 0 Å². The molecule has 1 nitrogen and oxygen atoms in total. The van der Waals surface area contributed by atoms with Gasteiger partial charge >= 0.3 is 6.18 Å². The van der Waals surface area contributed by atoms with Gasteiger partial charge in [0, 0.05) is 6.42 Å². The highest BCUT2D eigenvalue weighted by Crippen LogP contribution is 2.19. The number of unbranched alkanes of at least 4 members (excludes halogenated alkanes) is 6. The average Bonchev–Trinajstić information content (AvgIpc) is 2.30. The molecule has 0 bridgehead atoms. The summed E-state index contributed by atoms with van der Waals surface area (Å²) in [5.74, 6) is -1.59. The van der Waals surface area contributed by atoms with Crippen molar-refractivity contribution in [2.45, 2.75) is 70.9 Å². The number of alkyl halides is 3. The van der Waals surface area contributed by atoms with Gasteiger partial charge < -0.3 is 0 Å². The van der Waals surface area contributed by atoms with Crippen molar-refractivity contribution in [2.24, 2.45) is 0 Å². The van der Waals surface area contributed by atoms with Crippen LogP contribution in [0.1, 0.15) is 64.7 Å². The second kappa shape index (κ2) is 10.2. The largest absolute Gasteiger partial charge is 0.449 e. The third-order valence-electron chi connectivity index (χ3n) is 2.71. The van der Waals surface area contributed by atoms with Gasteiger partial charge in [-0.3, -0.25) is 4.79 Å². The van der Waals surface area contributed by atoms with E-state index in [4.69, 9.17) is 0 Å². The molecule has 0 rings (SSSR count). The predicted molar refractivity (Wildman–Crippen MR) is 67.4 cm³/mol. The van der Waals surface area contributed by atoms with E-state index >= 15 is 0 Å². The molecule has 0 radical (unpaired) electrons. The van der Waals surface area contributed by atoms with Gasteiger partial charge in [-0.15, -0.1) is 0 Å². The number of ketones is 1. The summed E-state index contributed by atoms with van der Waals surface area (Å²) in [6.45, 7) is 2.13. The van der Waals surface area contributed by atoms with E-state index in [0.717, 1.165) is 38.5 Å². The van der Waals surface area contributed by atoms with Gasteiger partial charge in [-0.1, -0.05) is 44.8 Å². The Hall–Kier alpha value is -0.800. The van der Waals surface area contributed by atoms with Crippen molar-refractivity contribution in [1.29, 1.82) is 0 Å². The number of allylic oxidation sites excluding steroid dienone is 2. The number of rotatable bonds is 10. The number of carbonyl (C=O) groups excluding carboxylic acids is 1. The van der Waals surface area contributed by atoms with Crippen molar-refractivity contribution in [1.82, 2.24) is 0 Å². The minimum atomic E-state index is -4.65. The molecule has 0 saturated heterocycles. The van der Waals surface area contributed by atoms with Crippen molar-refractivity contribution in [3.63, 3.8) is 0 Å². The van der Waals surface area contributed by atoms with Crippen LogP contribution in [0.2, 0.25) is 0 Å². The first-order valence-electron chi connectivity index (χ1n) is 6.73. The highest BCUT2D eigenvalue weighted by atomic mass is 19.4. The summed E-state index contributed by atoms with van der Waals surface area (Å²) in [7, 11) is 0. The van der Waals surface area contributed by atoms with E-state index in [2.05, 4.69) is 19.1 Å². The van der Waals surface area contributed by atoms with Gasteiger partial charge in [-0.05, 0) is 25.7 Å². The number of carbonyl (C=O) groups is 1. The van der Waals surface area contributed by atoms with Gasteiger partial charge in [-0.2, -0.15) is 13.2 Å². The molecule has 0 spiro atoms. The second-order valence-electron chi connectivity index (χ2n) is 4.49. The first-order valence-corrected chi connectivity index (χ1v) is 6.73. The summed E-state index contributed by atoms with van der Waals surface area (Å²) in [5, 5.41) is 0. The molecule has 0 aromatic rings. The maximum Gasteiger partial charge on any atom is 0.449 e. The van der Waals surface area contributed by atoms with Gasteiger partial charge in [-0.25, -0.2) is 0 Å². The van der Waals surface area contributed by atoms with Crippen LogP contribution in [0.3, 0.4) is 0 Å². The molecule has 18 heavy (non-hydrogen) atoms. The second-order valence-corrected chi connectivity index (χ2v) is 4.49. The average molecular weight is 264 g/mol. The van der Waals surface area contributed by atoms with Crippen LogP contribution >= 0.6 is 0 Å². The van der Waals surface area contributed by atoms with Crippen molar-refractivity contribution in [3.8, 4) is 0 Å². The zero-order valence-electron chi connectivity index (χ0n) is 11.1. The molecule has 0 aliphatic rings. The summed E-state index contributed by atoms with van der Waals surface area (Å²) in [5.41, 5.74) is 0. The van der Waals surface area contributed by atoms with E-state index in [1.807, 2.05) is 0 Å². The number of halogens is 3. The Morgan fingerprint density at radius 3 is 2.11 bits per heavy atom. The zero-order chi connectivity index (χ0) is 13.9. The molecular formula is C14H23F3O. The van der Waals surface area contributed by atoms with Crippen LogP contribution in [0.4, 0.5) is 13.2 Å². The first-order chi connectivity index (χ1) is 8.48. The van der Waals surface area contributed by atoms with Crippen LogP contribution in [0.25, 0.3) is 0 Å². The molecule has 0 aliphatic heterocycles. The lowest BCUT2D eigenvalue weighted by Gasteiger charge is -2.04. The topological polar surface area (TPSA) is 17.1 Å². The van der Waals surface area contributed by atoms with Crippen LogP contribution in [0.5, 0.6) is 0 Å². The summed E-state index contributed by atoms with van der Waals surface area (Å²) in [6, 6.07) is 0. The molecular weight excluding hydrogens is 241 g/mol. The summed E-state index contributed by atoms with van der Waals surface area (Å²) in [6.07, 6.45) is 6.70. The Morgan fingerprint density at radius 1 is 0.944 bits per heavy atom. The lowest BCUT2D eigenvalue weighted by molar-refractivity contribution is -0.171. The third-order valence-corrected chi connectivity index (χ3v) is 2.71. The fraction of sp³-hybridized carbons (Fsp3) is 0.786. The Balaban J connectivity index is 3.29. The summed E-state index contributed by atoms with van der Waals surface area (Å²) in [4.78, 5) is 10.6. The monoisotopic (exact) mass is 264 g/mol. The van der Waals surface area contributed by atoms with E-state index < -0.39 is 12.0 Å². The van der Waals surface area contributed by atoms with E-state index in [-0.39, 0.29) is 6.42 Å². The van der Waals surface area contributed by atoms with Gasteiger partial charge in [0.05, 0.1) is 0 Å². The van der Waals surface area contributed by atoms with Crippen LogP contribution in [-0.2, 0) is 4.79 Å². The predicted octanol–water partition coefficient (Wildman–Crippen LogP) is 5.20. The molecule has 0 aliphatic carbocycles. The van der Waals surface area contributed by atoms with Gasteiger partial charge in [0.2, 0.25) is 5.78 Å². The number of Topliss-reactive ketones (excluding diaryl/α,β-unsaturated/α-hetero) is 1. The molecule has 0 N–H and O–H groups in total. The van der Waals surface area contributed by atoms with Crippen molar-refractivity contribution in [3.05, 3.63) is 12.2 Å². The molecule has 0 amide bonds. The normalized spacial score (nSPS) is 12.2. The molecule has 4 heteroatoms. The quantitative estimate of drug-likeness (QED) is 0.391. The SMILES string of the molecule is CCC/C=C\CCCCCCCC(=O)C(F)(F)F. The smallest absolute Gasteiger partial charge is 0.290 e. The highest BCUT2D eigenvalue weighted by molar-refractivity contribution is 5.83. The lowest BCUT2D eigenvalue weighted by Crippen LogP contribution is -2.22. The van der Waals surface area contributed by atoms with Gasteiger partial charge in [0.25, 0.3) is 0 Å². The molecule has 0 unspecified atom stereocenters. The third kappa shape index (κ3) is 10.4. The number of hydrogen-bond donors (Lipinski definition) is 0. The van der Waals surface area contributed by atoms with E-state index in [1.165, 1.54) is 0 Å². The molecule has 0 aromatic carbocycles. The first kappa shape index (κ1) is 17.2. The zero-order valence-corrected chi connectivity index (χ0v) is 11.1. The van der Waals surface area contributed by atoms with Gasteiger partial charge in [0.15, 0.2) is 0 Å². The lowest BCUT2D eigenvalue weighted by atomic mass is 10.1. The molecule has 0 aromatic heterocycles. The van der Waals surface area contributed by atoms with Crippen molar-refractivity contribution >= 4 is 5.78 Å². The van der Waals surface area contributed by atoms with Crippen molar-refractivity contribution in [2.75, 3.05) is 0 Å². The number of hydrogen-bond acceptors (Lipinski definition) is 1. The Bertz CT molecular complexity index is 244. The van der Waals surface area contributed by atoms with E-state index in [9.17, 15) is 18.0 Å². The summed E-state index contributed by atoms with van der Waals surface area (Å²) < 4.78 is 35.6. The standard InChI is InChI=1S/C14H23F3O/c1-2-3-4-5-6-7-8-9-10-11-12-13(18)14(15,16)17/h4-5H,2-3,6-12H2,1H3/b5-4-. The Labute approximate surface area is 107 Å². The molecule has 106 valence electrons. The Morgan fingerprint density at radius 2 is 1.50 bits per heavy atom. The van der Waals surface area contributed by atoms with Crippen LogP contribution in [-0.4, -0.2) is 12.0 Å². The maximum atomic E-state index is 11.9.